The predicted molar refractivity (Wildman–Crippen MR) is 76.6 cm³/mol. The van der Waals surface area contributed by atoms with Crippen molar-refractivity contribution in [2.24, 2.45) is 0 Å². The van der Waals surface area contributed by atoms with Crippen molar-refractivity contribution in [2.45, 2.75) is 13.5 Å². The van der Waals surface area contributed by atoms with Crippen LogP contribution in [0.5, 0.6) is 0 Å². The Bertz CT molecular complexity index is 560. The zero-order valence-corrected chi connectivity index (χ0v) is 12.2. The number of hydrogen-bond donors (Lipinski definition) is 0. The van der Waals surface area contributed by atoms with Crippen LogP contribution in [0, 0.1) is 0 Å². The van der Waals surface area contributed by atoms with Gasteiger partial charge in [-0.1, -0.05) is 0 Å². The second-order valence-electron chi connectivity index (χ2n) is 4.01. The first-order chi connectivity index (χ1) is 9.22. The Morgan fingerprint density at radius 3 is 2.63 bits per heavy atom. The van der Waals surface area contributed by atoms with Gasteiger partial charge < -0.3 is 4.90 Å². The number of aromatic nitrogens is 2. The van der Waals surface area contributed by atoms with Crippen LogP contribution in [0.4, 0.5) is 0 Å². The van der Waals surface area contributed by atoms with Crippen molar-refractivity contribution < 1.29 is 4.79 Å². The lowest BCUT2D eigenvalue weighted by atomic mass is 10.2. The molecule has 0 radical (unpaired) electrons. The summed E-state index contributed by atoms with van der Waals surface area (Å²) in [6, 6.07) is 7.42. The van der Waals surface area contributed by atoms with E-state index in [4.69, 9.17) is 0 Å². The third kappa shape index (κ3) is 3.38. The van der Waals surface area contributed by atoms with Crippen molar-refractivity contribution in [3.8, 4) is 0 Å². The van der Waals surface area contributed by atoms with Gasteiger partial charge in [0.1, 0.15) is 5.69 Å². The quantitative estimate of drug-likeness (QED) is 0.870. The summed E-state index contributed by atoms with van der Waals surface area (Å²) in [6.07, 6.45) is 5.08. The fourth-order valence-electron chi connectivity index (χ4n) is 1.73. The van der Waals surface area contributed by atoms with E-state index in [1.54, 1.807) is 29.6 Å². The first-order valence-corrected chi connectivity index (χ1v) is 6.80. The number of nitrogens with zero attached hydrogens (tertiary/aromatic N) is 3. The van der Waals surface area contributed by atoms with E-state index in [1.165, 1.54) is 0 Å². The van der Waals surface area contributed by atoms with Crippen LogP contribution in [0.25, 0.3) is 0 Å². The molecule has 19 heavy (non-hydrogen) atoms. The van der Waals surface area contributed by atoms with Crippen molar-refractivity contribution in [3.63, 3.8) is 0 Å². The first-order valence-electron chi connectivity index (χ1n) is 6.01. The third-order valence-electron chi connectivity index (χ3n) is 2.75. The van der Waals surface area contributed by atoms with Crippen LogP contribution in [0.15, 0.2) is 47.3 Å². The van der Waals surface area contributed by atoms with Gasteiger partial charge in [0.2, 0.25) is 0 Å². The van der Waals surface area contributed by atoms with E-state index in [2.05, 4.69) is 25.9 Å². The molecule has 98 valence electrons. The molecule has 0 spiro atoms. The smallest absolute Gasteiger partial charge is 0.273 e. The molecule has 2 aromatic rings. The summed E-state index contributed by atoms with van der Waals surface area (Å²) in [5, 5.41) is 0. The SMILES string of the molecule is CCN(Cc1ccncc1)C(=O)c1ncccc1Br. The Morgan fingerprint density at radius 2 is 2.00 bits per heavy atom. The molecule has 0 aromatic carbocycles. The Kier molecular flexibility index (Phi) is 4.63. The van der Waals surface area contributed by atoms with Crippen LogP contribution >= 0.6 is 15.9 Å². The molecular formula is C14H14BrN3O. The van der Waals surface area contributed by atoms with E-state index in [0.717, 1.165) is 5.56 Å². The van der Waals surface area contributed by atoms with Gasteiger partial charge in [0.05, 0.1) is 0 Å². The summed E-state index contributed by atoms with van der Waals surface area (Å²) >= 11 is 3.36. The molecule has 5 heteroatoms. The lowest BCUT2D eigenvalue weighted by Crippen LogP contribution is -2.31. The van der Waals surface area contributed by atoms with Gasteiger partial charge >= 0.3 is 0 Å². The highest BCUT2D eigenvalue weighted by atomic mass is 79.9. The normalized spacial score (nSPS) is 10.2. The highest BCUT2D eigenvalue weighted by Gasteiger charge is 2.18. The Balaban J connectivity index is 2.18. The minimum absolute atomic E-state index is 0.0770. The summed E-state index contributed by atoms with van der Waals surface area (Å²) in [6.45, 7) is 3.14. The molecule has 0 bridgehead atoms. The average molecular weight is 320 g/mol. The standard InChI is InChI=1S/C14H14BrN3O/c1-2-18(10-11-5-8-16-9-6-11)14(19)13-12(15)4-3-7-17-13/h3-9H,2,10H2,1H3. The van der Waals surface area contributed by atoms with E-state index in [-0.39, 0.29) is 5.91 Å². The van der Waals surface area contributed by atoms with Crippen molar-refractivity contribution in [1.29, 1.82) is 0 Å². The van der Waals surface area contributed by atoms with Gasteiger partial charge in [-0.15, -0.1) is 0 Å². The van der Waals surface area contributed by atoms with Crippen molar-refractivity contribution >= 4 is 21.8 Å². The summed E-state index contributed by atoms with van der Waals surface area (Å²) in [7, 11) is 0. The molecule has 0 aliphatic heterocycles. The Hall–Kier alpha value is -1.75. The molecule has 0 atom stereocenters. The molecule has 0 saturated heterocycles. The molecule has 4 nitrogen and oxygen atoms in total. The highest BCUT2D eigenvalue weighted by molar-refractivity contribution is 9.10. The monoisotopic (exact) mass is 319 g/mol. The van der Waals surface area contributed by atoms with Crippen LogP contribution in [-0.2, 0) is 6.54 Å². The number of amides is 1. The van der Waals surface area contributed by atoms with E-state index in [9.17, 15) is 4.79 Å². The fraction of sp³-hybridized carbons (Fsp3) is 0.214. The van der Waals surface area contributed by atoms with Crippen molar-refractivity contribution in [1.82, 2.24) is 14.9 Å². The van der Waals surface area contributed by atoms with Crippen LogP contribution in [-0.4, -0.2) is 27.3 Å². The second-order valence-corrected chi connectivity index (χ2v) is 4.86. The molecule has 0 unspecified atom stereocenters. The zero-order chi connectivity index (χ0) is 13.7. The number of carbonyl (C=O) groups excluding carboxylic acids is 1. The summed E-state index contributed by atoms with van der Waals surface area (Å²) in [5.41, 5.74) is 1.50. The van der Waals surface area contributed by atoms with Crippen LogP contribution in [0.3, 0.4) is 0 Å². The van der Waals surface area contributed by atoms with Crippen LogP contribution in [0.1, 0.15) is 23.0 Å². The van der Waals surface area contributed by atoms with Gasteiger partial charge in [0.25, 0.3) is 5.91 Å². The summed E-state index contributed by atoms with van der Waals surface area (Å²) < 4.78 is 0.716. The van der Waals surface area contributed by atoms with Crippen molar-refractivity contribution in [3.05, 3.63) is 58.6 Å². The number of halogens is 1. The predicted octanol–water partition coefficient (Wildman–Crippen LogP) is 2.90. The molecule has 1 amide bonds. The molecule has 0 aliphatic carbocycles. The largest absolute Gasteiger partial charge is 0.333 e. The van der Waals surface area contributed by atoms with Gasteiger partial charge in [-0.3, -0.25) is 9.78 Å². The minimum Gasteiger partial charge on any atom is -0.333 e. The molecule has 2 aromatic heterocycles. The lowest BCUT2D eigenvalue weighted by Gasteiger charge is -2.20. The van der Waals surface area contributed by atoms with Gasteiger partial charge in [-0.25, -0.2) is 4.98 Å². The first kappa shape index (κ1) is 13.7. The molecule has 0 fully saturated rings. The fourth-order valence-corrected chi connectivity index (χ4v) is 2.15. The number of hydrogen-bond acceptors (Lipinski definition) is 3. The zero-order valence-electron chi connectivity index (χ0n) is 10.6. The van der Waals surface area contributed by atoms with E-state index < -0.39 is 0 Å². The molecule has 0 aliphatic rings. The Labute approximate surface area is 120 Å². The number of pyridine rings is 2. The van der Waals surface area contributed by atoms with Crippen LogP contribution in [0.2, 0.25) is 0 Å². The highest BCUT2D eigenvalue weighted by Crippen LogP contribution is 2.16. The maximum absolute atomic E-state index is 12.4. The molecule has 0 saturated carbocycles. The Morgan fingerprint density at radius 1 is 1.26 bits per heavy atom. The van der Waals surface area contributed by atoms with E-state index in [1.807, 2.05) is 25.1 Å². The van der Waals surface area contributed by atoms with Gasteiger partial charge in [0, 0.05) is 36.2 Å². The van der Waals surface area contributed by atoms with Gasteiger partial charge in [-0.2, -0.15) is 0 Å². The summed E-state index contributed by atoms with van der Waals surface area (Å²) in [4.78, 5) is 22.3. The van der Waals surface area contributed by atoms with Gasteiger partial charge in [0.15, 0.2) is 0 Å². The number of rotatable bonds is 4. The van der Waals surface area contributed by atoms with Crippen LogP contribution < -0.4 is 0 Å². The minimum atomic E-state index is -0.0770. The summed E-state index contributed by atoms with van der Waals surface area (Å²) in [5.74, 6) is -0.0770. The maximum atomic E-state index is 12.4. The topological polar surface area (TPSA) is 46.1 Å². The lowest BCUT2D eigenvalue weighted by molar-refractivity contribution is 0.0745. The second kappa shape index (κ2) is 6.43. The maximum Gasteiger partial charge on any atom is 0.273 e. The van der Waals surface area contributed by atoms with Crippen molar-refractivity contribution in [2.75, 3.05) is 6.54 Å². The molecule has 2 rings (SSSR count). The molecule has 2 heterocycles. The molecule has 0 N–H and O–H groups in total. The molecular weight excluding hydrogens is 306 g/mol. The third-order valence-corrected chi connectivity index (χ3v) is 3.39. The van der Waals surface area contributed by atoms with E-state index in [0.29, 0.717) is 23.3 Å². The average Bonchev–Trinajstić information content (AvgIpc) is 2.46. The van der Waals surface area contributed by atoms with E-state index >= 15 is 0 Å². The van der Waals surface area contributed by atoms with Gasteiger partial charge in [-0.05, 0) is 52.7 Å². The number of carbonyl (C=O) groups is 1.